The van der Waals surface area contributed by atoms with Gasteiger partial charge in [-0.15, -0.1) is 11.8 Å². The SMILES string of the molecule is C=CCOC(=O)NC[C@@H]1Cc2c([nH]c3ccccc23)[C@@]2(CS[C@@H]3c4c(OC(C)=O)c(C)c5c(c4[C@H](COC2=O)N2[C@@H]3[C@H]3c4c(cc(C)c(OC)c4O)C[C@@H]([C@@H]2O)N3C)OCO5)N1. The van der Waals surface area contributed by atoms with Crippen molar-refractivity contribution < 1.29 is 53.0 Å². The molecule has 2 saturated heterocycles. The van der Waals surface area contributed by atoms with E-state index in [1.54, 1.807) is 0 Å². The van der Waals surface area contributed by atoms with Crippen molar-refractivity contribution in [2.45, 2.75) is 80.8 Å². The van der Waals surface area contributed by atoms with E-state index in [1.165, 1.54) is 31.9 Å². The highest BCUT2D eigenvalue weighted by atomic mass is 32.2. The molecule has 1 amide bonds. The Hall–Kier alpha value is -5.46. The molecule has 62 heavy (non-hydrogen) atoms. The summed E-state index contributed by atoms with van der Waals surface area (Å²) in [5.41, 5.74) is 5.10. The number of methoxy groups -OCH3 is 1. The molecule has 17 heteroatoms. The van der Waals surface area contributed by atoms with Gasteiger partial charge in [-0.25, -0.2) is 9.59 Å². The van der Waals surface area contributed by atoms with Crippen LogP contribution in [0.5, 0.6) is 28.7 Å². The number of amides is 1. The molecule has 0 unspecified atom stereocenters. The number of carbonyl (C=O) groups excluding carboxylic acids is 3. The van der Waals surface area contributed by atoms with Crippen LogP contribution < -0.4 is 29.6 Å². The number of nitrogens with zero attached hydrogens (tertiary/aromatic N) is 2. The summed E-state index contributed by atoms with van der Waals surface area (Å²) >= 11 is 1.46. The van der Waals surface area contributed by atoms with Crippen molar-refractivity contribution in [3.05, 3.63) is 87.6 Å². The third-order valence-corrected chi connectivity index (χ3v) is 15.0. The number of ether oxygens (including phenoxy) is 6. The van der Waals surface area contributed by atoms with Gasteiger partial charge in [-0.2, -0.15) is 0 Å². The molecule has 7 aliphatic heterocycles. The average Bonchev–Trinajstić information content (AvgIpc) is 3.90. The number of esters is 2. The first kappa shape index (κ1) is 40.6. The number of hydrogen-bond donors (Lipinski definition) is 5. The Labute approximate surface area is 361 Å². The molecule has 4 bridgehead atoms. The number of thioether (sulfide) groups is 1. The Morgan fingerprint density at radius 2 is 1.90 bits per heavy atom. The Balaban J connectivity index is 1.19. The second-order valence-corrected chi connectivity index (χ2v) is 18.0. The zero-order valence-electron chi connectivity index (χ0n) is 35.0. The molecule has 4 aromatic rings. The highest BCUT2D eigenvalue weighted by Crippen LogP contribution is 2.64. The van der Waals surface area contributed by atoms with Crippen LogP contribution in [0.4, 0.5) is 4.79 Å². The van der Waals surface area contributed by atoms with E-state index in [1.807, 2.05) is 56.1 Å². The number of phenolic OH excluding ortho intramolecular Hbond substituents is 1. The summed E-state index contributed by atoms with van der Waals surface area (Å²) in [6.07, 6.45) is 0.702. The van der Waals surface area contributed by atoms with Gasteiger partial charge in [0.2, 0.25) is 6.79 Å². The monoisotopic (exact) mass is 867 g/mol. The highest BCUT2D eigenvalue weighted by molar-refractivity contribution is 7.99. The second kappa shape index (κ2) is 15.1. The molecule has 16 nitrogen and oxygen atoms in total. The number of aryl methyl sites for hydroxylation is 1. The predicted octanol–water partition coefficient (Wildman–Crippen LogP) is 4.46. The van der Waals surface area contributed by atoms with Crippen LogP contribution in [0.15, 0.2) is 43.0 Å². The minimum Gasteiger partial charge on any atom is -0.504 e. The number of aliphatic hydroxyl groups excluding tert-OH is 1. The highest BCUT2D eigenvalue weighted by Gasteiger charge is 2.62. The molecule has 7 aliphatic rings. The van der Waals surface area contributed by atoms with E-state index in [2.05, 4.69) is 27.1 Å². The topological polar surface area (TPSA) is 193 Å². The fraction of sp³-hybridized carbons (Fsp3) is 0.444. The van der Waals surface area contributed by atoms with E-state index in [0.29, 0.717) is 63.8 Å². The molecule has 1 aromatic heterocycles. The molecule has 326 valence electrons. The molecule has 11 rings (SSSR count). The maximum Gasteiger partial charge on any atom is 0.407 e. The van der Waals surface area contributed by atoms with Gasteiger partial charge < -0.3 is 48.9 Å². The van der Waals surface area contributed by atoms with Gasteiger partial charge >= 0.3 is 18.0 Å². The van der Waals surface area contributed by atoms with E-state index >= 15 is 4.79 Å². The first-order chi connectivity index (χ1) is 29.9. The number of aromatic nitrogens is 1. The zero-order valence-corrected chi connectivity index (χ0v) is 35.9. The number of phenols is 1. The van der Waals surface area contributed by atoms with Gasteiger partial charge in [0, 0.05) is 64.5 Å². The summed E-state index contributed by atoms with van der Waals surface area (Å²) in [6.45, 7) is 8.56. The molecule has 5 N–H and O–H groups in total. The van der Waals surface area contributed by atoms with Crippen molar-refractivity contribution in [3.8, 4) is 28.7 Å². The quantitative estimate of drug-likeness (QED) is 0.104. The Kier molecular flexibility index (Phi) is 9.90. The minimum atomic E-state index is -1.49. The number of piperazine rings is 1. The summed E-state index contributed by atoms with van der Waals surface area (Å²) in [7, 11) is 3.49. The number of benzene rings is 3. The van der Waals surface area contributed by atoms with Crippen LogP contribution in [0.3, 0.4) is 0 Å². The van der Waals surface area contributed by atoms with E-state index in [-0.39, 0.29) is 38.1 Å². The number of nitrogens with one attached hydrogen (secondary N) is 3. The van der Waals surface area contributed by atoms with Gasteiger partial charge in [0.25, 0.3) is 0 Å². The maximum absolute atomic E-state index is 15.3. The van der Waals surface area contributed by atoms with Crippen LogP contribution in [0.2, 0.25) is 0 Å². The van der Waals surface area contributed by atoms with Crippen LogP contribution in [0.25, 0.3) is 10.9 Å². The van der Waals surface area contributed by atoms with Gasteiger partial charge in [0.1, 0.15) is 25.2 Å². The van der Waals surface area contributed by atoms with Crippen molar-refractivity contribution in [1.82, 2.24) is 25.4 Å². The number of rotatable bonds is 6. The lowest BCUT2D eigenvalue weighted by Crippen LogP contribution is -2.70. The first-order valence-corrected chi connectivity index (χ1v) is 21.8. The number of likely N-dealkylation sites (N-methyl/N-ethyl adjacent to an activating group) is 1. The number of hydrogen-bond acceptors (Lipinski definition) is 15. The van der Waals surface area contributed by atoms with Gasteiger partial charge in [0.05, 0.1) is 36.2 Å². The van der Waals surface area contributed by atoms with E-state index in [9.17, 15) is 19.8 Å². The fourth-order valence-electron chi connectivity index (χ4n) is 11.1. The molecule has 1 spiro atoms. The number of aliphatic hydroxyl groups is 1. The smallest absolute Gasteiger partial charge is 0.407 e. The van der Waals surface area contributed by atoms with Gasteiger partial charge in [-0.3, -0.25) is 19.9 Å². The molecule has 8 heterocycles. The number of H-pyrrole nitrogens is 1. The van der Waals surface area contributed by atoms with E-state index in [0.717, 1.165) is 27.6 Å². The van der Waals surface area contributed by atoms with Crippen molar-refractivity contribution in [1.29, 1.82) is 0 Å². The van der Waals surface area contributed by atoms with Crippen molar-refractivity contribution in [3.63, 3.8) is 0 Å². The lowest BCUT2D eigenvalue weighted by atomic mass is 9.73. The fourth-order valence-corrected chi connectivity index (χ4v) is 12.7. The van der Waals surface area contributed by atoms with Crippen LogP contribution in [0, 0.1) is 13.8 Å². The zero-order chi connectivity index (χ0) is 43.4. The lowest BCUT2D eigenvalue weighted by Gasteiger charge is -2.62. The maximum atomic E-state index is 15.3. The number of aromatic hydroxyl groups is 1. The molecule has 8 atom stereocenters. The molecule has 2 fully saturated rings. The standard InChI is InChI=1S/C45H49N5O11S/c1-7-12-57-44(55)46-16-24-15-26-25-10-8-9-11-27(25)47-41(26)45(48-24)18-62-40-32-31(39-38(59-19-60-39)21(3)37(32)61-22(4)51)29(17-58-43(45)54)50-34(40)33-30-23(14-28(42(50)53)49(33)5)13-20(2)36(56-6)35(30)52/h7-11,13,24,28-29,33-34,40,42,47-48,52-53H,1,12,14-19H2,2-6H3,(H,46,55)/t24-,28-,29-,33+,34+,40+,42-,45+/m0/s1. The molecular formula is C45H49N5O11S. The minimum absolute atomic E-state index is 0.0240. The van der Waals surface area contributed by atoms with Crippen LogP contribution in [-0.4, -0.2) is 114 Å². The molecule has 0 aliphatic carbocycles. The van der Waals surface area contributed by atoms with E-state index < -0.39 is 65.3 Å². The number of para-hydroxylation sites is 1. The summed E-state index contributed by atoms with van der Waals surface area (Å²) in [6, 6.07) is 7.05. The Morgan fingerprint density at radius 1 is 1.11 bits per heavy atom. The van der Waals surface area contributed by atoms with Crippen LogP contribution >= 0.6 is 11.8 Å². The Morgan fingerprint density at radius 3 is 2.68 bits per heavy atom. The molecular weight excluding hydrogens is 819 g/mol. The average molecular weight is 868 g/mol. The Bertz CT molecular complexity index is 2560. The lowest BCUT2D eigenvalue weighted by molar-refractivity contribution is -0.186. The van der Waals surface area contributed by atoms with Crippen LogP contribution in [-0.2, 0) is 37.4 Å². The summed E-state index contributed by atoms with van der Waals surface area (Å²) in [4.78, 5) is 48.8. The van der Waals surface area contributed by atoms with Crippen molar-refractivity contribution in [2.75, 3.05) is 46.5 Å². The van der Waals surface area contributed by atoms with Crippen molar-refractivity contribution in [2.24, 2.45) is 0 Å². The second-order valence-electron chi connectivity index (χ2n) is 16.9. The normalized spacial score (nSPS) is 28.3. The number of aromatic amines is 1. The van der Waals surface area contributed by atoms with Crippen molar-refractivity contribution >= 4 is 40.7 Å². The summed E-state index contributed by atoms with van der Waals surface area (Å²) in [5, 5.41) is 31.7. The van der Waals surface area contributed by atoms with Gasteiger partial charge in [-0.1, -0.05) is 36.9 Å². The first-order valence-electron chi connectivity index (χ1n) is 20.8. The molecule has 3 aromatic carbocycles. The van der Waals surface area contributed by atoms with Gasteiger partial charge in [0.15, 0.2) is 28.5 Å². The third-order valence-electron chi connectivity index (χ3n) is 13.5. The summed E-state index contributed by atoms with van der Waals surface area (Å²) < 4.78 is 36.1. The number of carbonyl (C=O) groups is 3. The largest absolute Gasteiger partial charge is 0.504 e. The predicted molar refractivity (Wildman–Crippen MR) is 227 cm³/mol. The third kappa shape index (κ3) is 5.92. The van der Waals surface area contributed by atoms with Crippen LogP contribution in [0.1, 0.15) is 68.9 Å². The number of fused-ring (bicyclic) bond motifs is 11. The molecule has 0 saturated carbocycles. The van der Waals surface area contributed by atoms with E-state index in [4.69, 9.17) is 28.4 Å². The number of alkyl carbamates (subject to hydrolysis) is 1. The molecule has 0 radical (unpaired) electrons. The summed E-state index contributed by atoms with van der Waals surface area (Å²) in [5.74, 6) is 0.556. The van der Waals surface area contributed by atoms with Gasteiger partial charge in [-0.05, 0) is 56.5 Å².